The molecule has 0 aliphatic heterocycles. The second kappa shape index (κ2) is 12.1. The van der Waals surface area contributed by atoms with Crippen LogP contribution in [0.5, 0.6) is 11.5 Å². The number of amides is 2. The molecule has 0 aliphatic rings. The second-order valence-electron chi connectivity index (χ2n) is 8.60. The summed E-state index contributed by atoms with van der Waals surface area (Å²) in [5.41, 5.74) is 3.49. The van der Waals surface area contributed by atoms with Gasteiger partial charge < -0.3 is 19.9 Å². The molecule has 2 aromatic heterocycles. The number of nitrogens with zero attached hydrogens (tertiary/aromatic N) is 2. The lowest BCUT2D eigenvalue weighted by Gasteiger charge is -2.13. The molecule has 0 unspecified atom stereocenters. The maximum absolute atomic E-state index is 13.0. The lowest BCUT2D eigenvalue weighted by molar-refractivity contribution is 0.102. The van der Waals surface area contributed by atoms with Gasteiger partial charge in [-0.05, 0) is 72.5 Å². The van der Waals surface area contributed by atoms with E-state index in [2.05, 4.69) is 36.5 Å². The molecule has 11 heteroatoms. The molecule has 2 heterocycles. The number of rotatable bonds is 9. The number of carboxylic acid groups (broad SMARTS) is 1. The summed E-state index contributed by atoms with van der Waals surface area (Å²) in [6, 6.07) is 19.5. The number of carbonyl (C=O) groups excluding carboxylic acids is 1. The second-order valence-corrected chi connectivity index (χ2v) is 10.5. The quantitative estimate of drug-likeness (QED) is 0.149. The van der Waals surface area contributed by atoms with Crippen molar-refractivity contribution in [1.82, 2.24) is 9.97 Å². The Labute approximate surface area is 242 Å². The zero-order valence-electron chi connectivity index (χ0n) is 21.2. The van der Waals surface area contributed by atoms with Gasteiger partial charge in [-0.1, -0.05) is 28.1 Å². The zero-order chi connectivity index (χ0) is 28.1. The van der Waals surface area contributed by atoms with Crippen LogP contribution in [0.2, 0.25) is 0 Å². The zero-order valence-corrected chi connectivity index (χ0v) is 23.6. The number of ether oxygens (including phenoxy) is 2. The van der Waals surface area contributed by atoms with E-state index < -0.39 is 6.09 Å². The summed E-state index contributed by atoms with van der Waals surface area (Å²) in [5, 5.41) is 17.2. The largest absolute Gasteiger partial charge is 0.490 e. The summed E-state index contributed by atoms with van der Waals surface area (Å²) in [7, 11) is 0. The van der Waals surface area contributed by atoms with E-state index >= 15 is 0 Å². The maximum atomic E-state index is 13.0. The van der Waals surface area contributed by atoms with Crippen molar-refractivity contribution in [3.8, 4) is 21.9 Å². The van der Waals surface area contributed by atoms with Crippen molar-refractivity contribution >= 4 is 61.5 Å². The van der Waals surface area contributed by atoms with E-state index in [1.165, 1.54) is 6.33 Å². The van der Waals surface area contributed by atoms with Crippen molar-refractivity contribution in [3.05, 3.63) is 94.2 Å². The molecule has 0 fully saturated rings. The van der Waals surface area contributed by atoms with Crippen molar-refractivity contribution in [2.24, 2.45) is 0 Å². The first-order valence-corrected chi connectivity index (χ1v) is 13.8. The third-order valence-corrected chi connectivity index (χ3v) is 7.29. The minimum absolute atomic E-state index is 0.279. The Morgan fingerprint density at radius 1 is 0.950 bits per heavy atom. The molecule has 9 nitrogen and oxygen atoms in total. The maximum Gasteiger partial charge on any atom is 0.409 e. The number of thiophene rings is 1. The Balaban J connectivity index is 1.21. The van der Waals surface area contributed by atoms with Crippen LogP contribution in [0.4, 0.5) is 16.2 Å². The summed E-state index contributed by atoms with van der Waals surface area (Å²) in [5.74, 6) is 0.821. The monoisotopic (exact) mass is 618 g/mol. The number of anilines is 2. The summed E-state index contributed by atoms with van der Waals surface area (Å²) in [6.45, 7) is 2.49. The minimum Gasteiger partial charge on any atom is -0.490 e. The predicted molar refractivity (Wildman–Crippen MR) is 159 cm³/mol. The van der Waals surface area contributed by atoms with E-state index in [1.54, 1.807) is 53.8 Å². The van der Waals surface area contributed by atoms with E-state index in [4.69, 9.17) is 9.47 Å². The van der Waals surface area contributed by atoms with E-state index in [1.807, 2.05) is 36.6 Å². The molecule has 0 spiro atoms. The summed E-state index contributed by atoms with van der Waals surface area (Å²) in [6.07, 6.45) is 0.289. The van der Waals surface area contributed by atoms with Crippen LogP contribution in [0.15, 0.2) is 82.9 Å². The van der Waals surface area contributed by atoms with Crippen LogP contribution in [0.3, 0.4) is 0 Å². The highest BCUT2D eigenvalue weighted by molar-refractivity contribution is 9.10. The van der Waals surface area contributed by atoms with Gasteiger partial charge in [0.25, 0.3) is 5.91 Å². The van der Waals surface area contributed by atoms with Gasteiger partial charge in [0.2, 0.25) is 0 Å². The molecule has 3 aromatic carbocycles. The number of hydrogen-bond acceptors (Lipinski definition) is 7. The van der Waals surface area contributed by atoms with Gasteiger partial charge in [0.15, 0.2) is 0 Å². The Hall–Kier alpha value is -4.48. The van der Waals surface area contributed by atoms with Gasteiger partial charge in [-0.2, -0.15) is 0 Å². The first-order valence-electron chi connectivity index (χ1n) is 12.1. The number of benzene rings is 3. The number of carbonyl (C=O) groups is 2. The fourth-order valence-electron chi connectivity index (χ4n) is 4.01. The van der Waals surface area contributed by atoms with Crippen LogP contribution in [0.1, 0.15) is 16.1 Å². The third kappa shape index (κ3) is 6.38. The standard InChI is InChI=1S/C29H23BrN4O5S/c1-17-22-14-20(30)15-25(27(22)32-16-31-17)39-11-10-38-21-7-4-18(5-8-21)28(35)33-24-13-19(26-3-2-12-40-26)6-9-23(24)34-29(36)37/h2-9,12-16,34H,10-11H2,1H3,(H,33,35)(H,36,37). The van der Waals surface area contributed by atoms with Crippen molar-refractivity contribution < 1.29 is 24.2 Å². The molecular formula is C29H23BrN4O5S. The molecular weight excluding hydrogens is 596 g/mol. The predicted octanol–water partition coefficient (Wildman–Crippen LogP) is 7.23. The average Bonchev–Trinajstić information content (AvgIpc) is 3.48. The van der Waals surface area contributed by atoms with Gasteiger partial charge in [0, 0.05) is 26.0 Å². The summed E-state index contributed by atoms with van der Waals surface area (Å²) in [4.78, 5) is 33.8. The van der Waals surface area contributed by atoms with Crippen LogP contribution in [0.25, 0.3) is 21.3 Å². The molecule has 0 saturated carbocycles. The van der Waals surface area contributed by atoms with Gasteiger partial charge >= 0.3 is 6.09 Å². The minimum atomic E-state index is -1.22. The van der Waals surface area contributed by atoms with E-state index in [-0.39, 0.29) is 24.8 Å². The van der Waals surface area contributed by atoms with Crippen LogP contribution in [-0.4, -0.2) is 40.3 Å². The lowest BCUT2D eigenvalue weighted by Crippen LogP contribution is -2.15. The normalized spacial score (nSPS) is 10.8. The molecule has 202 valence electrons. The molecule has 5 rings (SSSR count). The van der Waals surface area contributed by atoms with E-state index in [0.717, 1.165) is 31.5 Å². The molecule has 5 aromatic rings. The lowest BCUT2D eigenvalue weighted by atomic mass is 10.1. The first-order chi connectivity index (χ1) is 19.4. The molecule has 3 N–H and O–H groups in total. The fraction of sp³-hybridized carbons (Fsp3) is 0.103. The average molecular weight is 619 g/mol. The third-order valence-electron chi connectivity index (χ3n) is 5.91. The Morgan fingerprint density at radius 2 is 1.75 bits per heavy atom. The molecule has 0 atom stereocenters. The highest BCUT2D eigenvalue weighted by Gasteiger charge is 2.14. The van der Waals surface area contributed by atoms with Gasteiger partial charge in [0.05, 0.1) is 11.4 Å². The topological polar surface area (TPSA) is 123 Å². The van der Waals surface area contributed by atoms with Crippen LogP contribution >= 0.6 is 27.3 Å². The Morgan fingerprint density at radius 3 is 2.50 bits per heavy atom. The summed E-state index contributed by atoms with van der Waals surface area (Å²) >= 11 is 5.05. The number of halogens is 1. The van der Waals surface area contributed by atoms with Crippen LogP contribution in [0, 0.1) is 6.92 Å². The van der Waals surface area contributed by atoms with E-state index in [9.17, 15) is 14.7 Å². The van der Waals surface area contributed by atoms with Crippen molar-refractivity contribution in [2.75, 3.05) is 23.8 Å². The number of aryl methyl sites for hydroxylation is 1. The summed E-state index contributed by atoms with van der Waals surface area (Å²) < 4.78 is 12.6. The fourth-order valence-corrected chi connectivity index (χ4v) is 5.17. The number of nitrogens with one attached hydrogen (secondary N) is 2. The van der Waals surface area contributed by atoms with Gasteiger partial charge in [0.1, 0.15) is 36.6 Å². The molecule has 40 heavy (non-hydrogen) atoms. The molecule has 0 radical (unpaired) electrons. The number of aromatic nitrogens is 2. The highest BCUT2D eigenvalue weighted by Crippen LogP contribution is 2.32. The van der Waals surface area contributed by atoms with Gasteiger partial charge in [-0.3, -0.25) is 10.1 Å². The van der Waals surface area contributed by atoms with Gasteiger partial charge in [-0.25, -0.2) is 14.8 Å². The highest BCUT2D eigenvalue weighted by atomic mass is 79.9. The first kappa shape index (κ1) is 27.1. The van der Waals surface area contributed by atoms with Gasteiger partial charge in [-0.15, -0.1) is 11.3 Å². The van der Waals surface area contributed by atoms with Crippen LogP contribution in [-0.2, 0) is 0 Å². The van der Waals surface area contributed by atoms with Crippen molar-refractivity contribution in [3.63, 3.8) is 0 Å². The molecule has 0 bridgehead atoms. The smallest absolute Gasteiger partial charge is 0.409 e. The Kier molecular flexibility index (Phi) is 8.23. The number of fused-ring (bicyclic) bond motifs is 1. The van der Waals surface area contributed by atoms with Crippen molar-refractivity contribution in [1.29, 1.82) is 0 Å². The Bertz CT molecular complexity index is 1680. The van der Waals surface area contributed by atoms with Crippen LogP contribution < -0.4 is 20.1 Å². The SMILES string of the molecule is Cc1ncnc2c(OCCOc3ccc(C(=O)Nc4cc(-c5cccs5)ccc4NC(=O)O)cc3)cc(Br)cc12. The molecule has 2 amide bonds. The molecule has 0 saturated heterocycles. The van der Waals surface area contributed by atoms with E-state index in [0.29, 0.717) is 22.7 Å². The number of hydrogen-bond donors (Lipinski definition) is 3. The van der Waals surface area contributed by atoms with Crippen molar-refractivity contribution in [2.45, 2.75) is 6.92 Å². The molecule has 0 aliphatic carbocycles.